The minimum absolute atomic E-state index is 0.0286. The molecule has 1 fully saturated rings. The molecule has 0 atom stereocenters. The van der Waals surface area contributed by atoms with Gasteiger partial charge in [0.2, 0.25) is 0 Å². The van der Waals surface area contributed by atoms with Gasteiger partial charge in [-0.3, -0.25) is 14.2 Å². The lowest BCUT2D eigenvalue weighted by molar-refractivity contribution is -0.123. The van der Waals surface area contributed by atoms with Crippen molar-refractivity contribution >= 4 is 52.1 Å². The molecule has 0 unspecified atom stereocenters. The van der Waals surface area contributed by atoms with Crippen LogP contribution in [0.2, 0.25) is 10.0 Å². The van der Waals surface area contributed by atoms with Gasteiger partial charge in [0.1, 0.15) is 10.7 Å². The Kier molecular flexibility index (Phi) is 6.52. The number of aryl methyl sites for hydroxylation is 1. The summed E-state index contributed by atoms with van der Waals surface area (Å²) in [7, 11) is 0. The molecule has 1 amide bonds. The maximum Gasteiger partial charge on any atom is 0.273 e. The minimum atomic E-state index is -0.343. The summed E-state index contributed by atoms with van der Waals surface area (Å²) in [5.74, 6) is -0.343. The summed E-state index contributed by atoms with van der Waals surface area (Å²) in [6.45, 7) is 3.11. The molecule has 5 nitrogen and oxygen atoms in total. The Morgan fingerprint density at radius 1 is 1.16 bits per heavy atom. The number of carbonyl (C=O) groups is 1. The Labute approximate surface area is 199 Å². The molecule has 0 spiro atoms. The predicted molar refractivity (Wildman–Crippen MR) is 129 cm³/mol. The van der Waals surface area contributed by atoms with Gasteiger partial charge in [0.25, 0.3) is 11.5 Å². The van der Waals surface area contributed by atoms with E-state index in [2.05, 4.69) is 6.07 Å². The minimum Gasteiger partial charge on any atom is -0.338 e. The molecule has 162 valence electrons. The van der Waals surface area contributed by atoms with Gasteiger partial charge in [0.05, 0.1) is 10.2 Å². The molecular weight excluding hydrogens is 465 g/mol. The standard InChI is InChI=1S/C24H19Cl2N3O2S/c1-15-6-2-3-7-20(15)29-23(31)21(12-16-8-9-17(25)13-19(16)26)32-24(29)18(14-27)22(30)28-10-4-5-11-28/h2-3,6-9,12-13H,4-5,10-11H2,1H3. The Hall–Kier alpha value is -2.85. The van der Waals surface area contributed by atoms with Crippen LogP contribution in [0, 0.1) is 18.3 Å². The average molecular weight is 484 g/mol. The van der Waals surface area contributed by atoms with Crippen LogP contribution in [0.4, 0.5) is 0 Å². The highest BCUT2D eigenvalue weighted by atomic mass is 35.5. The number of hydrogen-bond donors (Lipinski definition) is 0. The van der Waals surface area contributed by atoms with Gasteiger partial charge < -0.3 is 4.90 Å². The molecule has 1 saturated heterocycles. The van der Waals surface area contributed by atoms with Gasteiger partial charge in [-0.15, -0.1) is 11.3 Å². The molecule has 0 saturated carbocycles. The number of carbonyl (C=O) groups excluding carboxylic acids is 1. The first kappa shape index (κ1) is 22.3. The number of para-hydroxylation sites is 1. The number of likely N-dealkylation sites (tertiary alicyclic amines) is 1. The van der Waals surface area contributed by atoms with Crippen molar-refractivity contribution < 1.29 is 4.79 Å². The molecule has 2 heterocycles. The molecule has 0 aliphatic carbocycles. The first-order chi connectivity index (χ1) is 15.4. The molecule has 0 radical (unpaired) electrons. The van der Waals surface area contributed by atoms with Crippen LogP contribution in [0.25, 0.3) is 17.3 Å². The van der Waals surface area contributed by atoms with Crippen molar-refractivity contribution in [3.05, 3.63) is 83.2 Å². The number of hydrogen-bond acceptors (Lipinski definition) is 4. The van der Waals surface area contributed by atoms with E-state index < -0.39 is 0 Å². The molecule has 3 aromatic rings. The fraction of sp³-hybridized carbons (Fsp3) is 0.208. The Bertz CT molecular complexity index is 1430. The monoisotopic (exact) mass is 483 g/mol. The van der Waals surface area contributed by atoms with Crippen molar-refractivity contribution in [3.8, 4) is 11.8 Å². The van der Waals surface area contributed by atoms with Gasteiger partial charge in [-0.05, 0) is 55.2 Å². The molecule has 0 N–H and O–H groups in total. The molecule has 2 aromatic carbocycles. The second-order valence-electron chi connectivity index (χ2n) is 7.49. The summed E-state index contributed by atoms with van der Waals surface area (Å²) >= 11 is 13.4. The van der Waals surface area contributed by atoms with E-state index in [4.69, 9.17) is 23.2 Å². The van der Waals surface area contributed by atoms with E-state index in [1.54, 1.807) is 35.2 Å². The molecule has 0 bridgehead atoms. The second kappa shape index (κ2) is 9.33. The van der Waals surface area contributed by atoms with Gasteiger partial charge in [-0.2, -0.15) is 5.26 Å². The van der Waals surface area contributed by atoms with Crippen molar-refractivity contribution in [3.63, 3.8) is 0 Å². The van der Waals surface area contributed by atoms with Crippen LogP contribution >= 0.6 is 34.5 Å². The smallest absolute Gasteiger partial charge is 0.273 e. The van der Waals surface area contributed by atoms with Crippen LogP contribution in [0.5, 0.6) is 0 Å². The molecular formula is C24H19Cl2N3O2S. The van der Waals surface area contributed by atoms with E-state index in [1.807, 2.05) is 25.1 Å². The van der Waals surface area contributed by atoms with E-state index >= 15 is 0 Å². The maximum atomic E-state index is 13.5. The van der Waals surface area contributed by atoms with E-state index in [0.717, 1.165) is 29.7 Å². The lowest BCUT2D eigenvalue weighted by Gasteiger charge is -2.14. The van der Waals surface area contributed by atoms with E-state index in [0.29, 0.717) is 43.6 Å². The fourth-order valence-corrected chi connectivity index (χ4v) is 5.25. The van der Waals surface area contributed by atoms with Crippen LogP contribution in [0.1, 0.15) is 24.0 Å². The van der Waals surface area contributed by atoms with Crippen LogP contribution < -0.4 is 14.8 Å². The lowest BCUT2D eigenvalue weighted by Crippen LogP contribution is -2.35. The number of nitriles is 1. The van der Waals surface area contributed by atoms with Crippen molar-refractivity contribution in [2.75, 3.05) is 13.1 Å². The zero-order valence-corrected chi connectivity index (χ0v) is 19.6. The highest BCUT2D eigenvalue weighted by molar-refractivity contribution is 7.07. The van der Waals surface area contributed by atoms with Crippen molar-refractivity contribution in [2.24, 2.45) is 0 Å². The van der Waals surface area contributed by atoms with Crippen LogP contribution in [0.3, 0.4) is 0 Å². The maximum absolute atomic E-state index is 13.5. The molecule has 1 aliphatic rings. The fourth-order valence-electron chi connectivity index (χ4n) is 3.71. The number of rotatable bonds is 3. The zero-order chi connectivity index (χ0) is 22.8. The quantitative estimate of drug-likeness (QED) is 0.570. The predicted octanol–water partition coefficient (Wildman–Crippen LogP) is 3.64. The number of thiazole rings is 1. The molecule has 8 heteroatoms. The number of halogens is 2. The lowest BCUT2D eigenvalue weighted by atomic mass is 10.2. The number of amides is 1. The van der Waals surface area contributed by atoms with E-state index in [-0.39, 0.29) is 17.0 Å². The summed E-state index contributed by atoms with van der Waals surface area (Å²) in [4.78, 5) is 28.3. The first-order valence-corrected chi connectivity index (χ1v) is 11.7. The zero-order valence-electron chi connectivity index (χ0n) is 17.3. The van der Waals surface area contributed by atoms with Gasteiger partial charge in [-0.1, -0.05) is 47.5 Å². The average Bonchev–Trinajstić information content (AvgIpc) is 3.40. The SMILES string of the molecule is Cc1ccccc1-n1c(=C(C#N)C(=O)N2CCCC2)sc(=Cc2ccc(Cl)cc2Cl)c1=O. The first-order valence-electron chi connectivity index (χ1n) is 10.1. The summed E-state index contributed by atoms with van der Waals surface area (Å²) < 4.78 is 2.15. The van der Waals surface area contributed by atoms with Crippen molar-refractivity contribution in [2.45, 2.75) is 19.8 Å². The summed E-state index contributed by atoms with van der Waals surface area (Å²) in [5.41, 5.74) is 1.77. The Balaban J connectivity index is 2.05. The summed E-state index contributed by atoms with van der Waals surface area (Å²) in [5, 5.41) is 10.8. The number of nitrogens with zero attached hydrogens (tertiary/aromatic N) is 3. The normalized spacial score (nSPS) is 15.1. The number of benzene rings is 2. The highest BCUT2D eigenvalue weighted by Gasteiger charge is 2.24. The highest BCUT2D eigenvalue weighted by Crippen LogP contribution is 2.21. The molecule has 1 aromatic heterocycles. The Morgan fingerprint density at radius 2 is 1.88 bits per heavy atom. The molecule has 1 aliphatic heterocycles. The third kappa shape index (κ3) is 4.24. The topological polar surface area (TPSA) is 66.1 Å². The second-order valence-corrected chi connectivity index (χ2v) is 9.37. The van der Waals surface area contributed by atoms with Gasteiger partial charge in [0.15, 0.2) is 5.57 Å². The van der Waals surface area contributed by atoms with E-state index in [9.17, 15) is 14.9 Å². The summed E-state index contributed by atoms with van der Waals surface area (Å²) in [6, 6.07) is 14.5. The van der Waals surface area contributed by atoms with Crippen molar-refractivity contribution in [1.82, 2.24) is 9.47 Å². The third-order valence-electron chi connectivity index (χ3n) is 5.36. The summed E-state index contributed by atoms with van der Waals surface area (Å²) in [6.07, 6.45) is 3.49. The van der Waals surface area contributed by atoms with Gasteiger partial charge >= 0.3 is 0 Å². The third-order valence-corrected chi connectivity index (χ3v) is 7.02. The largest absolute Gasteiger partial charge is 0.338 e. The van der Waals surface area contributed by atoms with Crippen LogP contribution in [0.15, 0.2) is 47.3 Å². The Morgan fingerprint density at radius 3 is 2.53 bits per heavy atom. The van der Waals surface area contributed by atoms with Crippen LogP contribution in [-0.4, -0.2) is 28.5 Å². The molecule has 4 rings (SSSR count). The van der Waals surface area contributed by atoms with Gasteiger partial charge in [-0.25, -0.2) is 0 Å². The van der Waals surface area contributed by atoms with Crippen molar-refractivity contribution in [1.29, 1.82) is 5.26 Å². The number of aromatic nitrogens is 1. The van der Waals surface area contributed by atoms with Gasteiger partial charge in [0, 0.05) is 23.1 Å². The molecule has 32 heavy (non-hydrogen) atoms. The van der Waals surface area contributed by atoms with Crippen LogP contribution in [-0.2, 0) is 4.79 Å². The van der Waals surface area contributed by atoms with E-state index in [1.165, 1.54) is 4.57 Å².